The van der Waals surface area contributed by atoms with E-state index in [1.807, 2.05) is 6.07 Å². The van der Waals surface area contributed by atoms with Crippen LogP contribution in [0.25, 0.3) is 10.9 Å². The van der Waals surface area contributed by atoms with Crippen LogP contribution in [0.2, 0.25) is 0 Å². The summed E-state index contributed by atoms with van der Waals surface area (Å²) >= 11 is 0. The van der Waals surface area contributed by atoms with Gasteiger partial charge in [-0.2, -0.15) is 4.73 Å². The van der Waals surface area contributed by atoms with E-state index in [4.69, 9.17) is 0 Å². The van der Waals surface area contributed by atoms with E-state index >= 15 is 0 Å². The lowest BCUT2D eigenvalue weighted by Crippen LogP contribution is -2.30. The maximum Gasteiger partial charge on any atom is 0.224 e. The van der Waals surface area contributed by atoms with Gasteiger partial charge in [-0.25, -0.2) is 0 Å². The Morgan fingerprint density at radius 3 is 2.75 bits per heavy atom. The van der Waals surface area contributed by atoms with Gasteiger partial charge in [0.15, 0.2) is 5.69 Å². The number of benzene rings is 1. The summed E-state index contributed by atoms with van der Waals surface area (Å²) in [5.74, 6) is -0.124. The number of carbonyl (C=O) groups excluding carboxylic acids is 1. The summed E-state index contributed by atoms with van der Waals surface area (Å²) in [5, 5.41) is 15.2. The Morgan fingerprint density at radius 2 is 2.06 bits per heavy atom. The molecule has 0 fully saturated rings. The molecule has 0 saturated heterocycles. The Balaban J connectivity index is 2.56. The number of pyridine rings is 1. The maximum absolute atomic E-state index is 11.7. The van der Waals surface area contributed by atoms with Crippen molar-refractivity contribution in [3.8, 4) is 0 Å². The topological polar surface area (TPSA) is 56.0 Å². The van der Waals surface area contributed by atoms with Crippen molar-refractivity contribution in [3.05, 3.63) is 41.2 Å². The summed E-state index contributed by atoms with van der Waals surface area (Å²) in [6.07, 6.45) is 0. The van der Waals surface area contributed by atoms with Crippen LogP contribution in [0.3, 0.4) is 0 Å². The monoisotopic (exact) mass is 216 g/mol. The summed E-state index contributed by atoms with van der Waals surface area (Å²) in [7, 11) is 0. The minimum atomic E-state index is -0.124. The van der Waals surface area contributed by atoms with E-state index in [-0.39, 0.29) is 5.91 Å². The fraction of sp³-hybridized carbons (Fsp3) is 0.167. The van der Waals surface area contributed by atoms with Gasteiger partial charge in [0.25, 0.3) is 0 Å². The second-order valence-corrected chi connectivity index (χ2v) is 3.72. The molecule has 4 heteroatoms. The van der Waals surface area contributed by atoms with Crippen molar-refractivity contribution >= 4 is 22.5 Å². The largest absolute Gasteiger partial charge is 0.618 e. The van der Waals surface area contributed by atoms with Crippen LogP contribution in [0.4, 0.5) is 5.69 Å². The van der Waals surface area contributed by atoms with E-state index in [1.54, 1.807) is 31.2 Å². The summed E-state index contributed by atoms with van der Waals surface area (Å²) in [4.78, 5) is 10.9. The third-order valence-corrected chi connectivity index (χ3v) is 2.39. The predicted molar refractivity (Wildman–Crippen MR) is 61.9 cm³/mol. The van der Waals surface area contributed by atoms with Crippen molar-refractivity contribution in [1.29, 1.82) is 0 Å². The van der Waals surface area contributed by atoms with E-state index in [1.165, 1.54) is 6.92 Å². The van der Waals surface area contributed by atoms with E-state index in [9.17, 15) is 10.0 Å². The van der Waals surface area contributed by atoms with Crippen LogP contribution in [-0.2, 0) is 4.79 Å². The number of fused-ring (bicyclic) bond motifs is 1. The van der Waals surface area contributed by atoms with Crippen LogP contribution in [-0.4, -0.2) is 5.91 Å². The number of aromatic nitrogens is 1. The van der Waals surface area contributed by atoms with Gasteiger partial charge < -0.3 is 10.5 Å². The molecular formula is C12H12N2O2. The first-order valence-corrected chi connectivity index (χ1v) is 4.98. The SMILES string of the molecule is CC(=O)Nc1ccc2c(ccc(C)[n+]2[O-])c1. The van der Waals surface area contributed by atoms with Gasteiger partial charge in [0.1, 0.15) is 0 Å². The highest BCUT2D eigenvalue weighted by atomic mass is 16.5. The molecule has 2 aromatic rings. The first kappa shape index (κ1) is 10.4. The standard InChI is InChI=1S/C12H12N2O2/c1-8-3-4-10-7-11(13-9(2)15)5-6-12(10)14(8)16/h3-7H,1-2H3,(H,13,15). The number of rotatable bonds is 1. The number of hydrogen-bond donors (Lipinski definition) is 1. The van der Waals surface area contributed by atoms with E-state index < -0.39 is 0 Å². The van der Waals surface area contributed by atoms with Gasteiger partial charge in [-0.05, 0) is 18.2 Å². The number of nitrogens with zero attached hydrogens (tertiary/aromatic N) is 1. The zero-order valence-corrected chi connectivity index (χ0v) is 9.15. The minimum Gasteiger partial charge on any atom is -0.618 e. The zero-order valence-electron chi connectivity index (χ0n) is 9.15. The van der Waals surface area contributed by atoms with Crippen LogP contribution in [0.1, 0.15) is 12.6 Å². The number of nitrogens with one attached hydrogen (secondary N) is 1. The van der Waals surface area contributed by atoms with Crippen molar-refractivity contribution < 1.29 is 9.52 Å². The van der Waals surface area contributed by atoms with Gasteiger partial charge in [0, 0.05) is 37.1 Å². The predicted octanol–water partition coefficient (Wildman–Crippen LogP) is 1.74. The van der Waals surface area contributed by atoms with Crippen LogP contribution in [0.5, 0.6) is 0 Å². The molecule has 0 bridgehead atoms. The fourth-order valence-electron chi connectivity index (χ4n) is 1.62. The fourth-order valence-corrected chi connectivity index (χ4v) is 1.62. The molecule has 1 amide bonds. The molecular weight excluding hydrogens is 204 g/mol. The molecule has 0 radical (unpaired) electrons. The number of hydrogen-bond acceptors (Lipinski definition) is 2. The lowest BCUT2D eigenvalue weighted by Gasteiger charge is -2.06. The van der Waals surface area contributed by atoms with Crippen molar-refractivity contribution in [2.24, 2.45) is 0 Å². The molecule has 1 heterocycles. The third-order valence-electron chi connectivity index (χ3n) is 2.39. The van der Waals surface area contributed by atoms with E-state index in [0.717, 1.165) is 10.1 Å². The molecule has 1 N–H and O–H groups in total. The number of carbonyl (C=O) groups is 1. The van der Waals surface area contributed by atoms with Crippen LogP contribution in [0.15, 0.2) is 30.3 Å². The molecule has 82 valence electrons. The molecule has 4 nitrogen and oxygen atoms in total. The molecule has 0 atom stereocenters. The molecule has 0 aliphatic heterocycles. The molecule has 0 aliphatic carbocycles. The Bertz CT molecular complexity index is 564. The first-order valence-electron chi connectivity index (χ1n) is 4.98. The highest BCUT2D eigenvalue weighted by molar-refractivity contribution is 5.91. The average Bonchev–Trinajstić information content (AvgIpc) is 2.23. The van der Waals surface area contributed by atoms with Gasteiger partial charge in [0.05, 0.1) is 0 Å². The lowest BCUT2D eigenvalue weighted by atomic mass is 10.2. The number of amides is 1. The molecule has 1 aromatic heterocycles. The van der Waals surface area contributed by atoms with Crippen LogP contribution in [0, 0.1) is 12.1 Å². The summed E-state index contributed by atoms with van der Waals surface area (Å²) < 4.78 is 0.882. The van der Waals surface area contributed by atoms with Gasteiger partial charge in [-0.15, -0.1) is 0 Å². The molecule has 0 saturated carbocycles. The van der Waals surface area contributed by atoms with Crippen molar-refractivity contribution in [2.75, 3.05) is 5.32 Å². The lowest BCUT2D eigenvalue weighted by molar-refractivity contribution is -0.584. The van der Waals surface area contributed by atoms with Crippen molar-refractivity contribution in [2.45, 2.75) is 13.8 Å². The van der Waals surface area contributed by atoms with Crippen LogP contribution >= 0.6 is 0 Å². The maximum atomic E-state index is 11.7. The van der Waals surface area contributed by atoms with Gasteiger partial charge in [-0.3, -0.25) is 4.79 Å². The summed E-state index contributed by atoms with van der Waals surface area (Å²) in [5.41, 5.74) is 1.96. The van der Waals surface area contributed by atoms with Crippen molar-refractivity contribution in [3.63, 3.8) is 0 Å². The molecule has 0 aliphatic rings. The Labute approximate surface area is 93.1 Å². The quantitative estimate of drug-likeness (QED) is 0.583. The van der Waals surface area contributed by atoms with Gasteiger partial charge >= 0.3 is 0 Å². The zero-order chi connectivity index (χ0) is 11.7. The molecule has 1 aromatic carbocycles. The Hall–Kier alpha value is -2.10. The highest BCUT2D eigenvalue weighted by Gasteiger charge is 2.07. The molecule has 16 heavy (non-hydrogen) atoms. The minimum absolute atomic E-state index is 0.124. The Kier molecular flexibility index (Phi) is 2.48. The number of anilines is 1. The first-order chi connectivity index (χ1) is 7.58. The van der Waals surface area contributed by atoms with E-state index in [2.05, 4.69) is 5.32 Å². The second kappa shape index (κ2) is 3.81. The second-order valence-electron chi connectivity index (χ2n) is 3.72. The average molecular weight is 216 g/mol. The number of aryl methyl sites for hydroxylation is 1. The smallest absolute Gasteiger partial charge is 0.224 e. The molecule has 0 unspecified atom stereocenters. The van der Waals surface area contributed by atoms with Gasteiger partial charge in [0.2, 0.25) is 11.4 Å². The summed E-state index contributed by atoms with van der Waals surface area (Å²) in [6, 6.07) is 8.83. The summed E-state index contributed by atoms with van der Waals surface area (Å²) in [6.45, 7) is 3.21. The molecule has 2 rings (SSSR count). The van der Waals surface area contributed by atoms with Crippen LogP contribution < -0.4 is 10.0 Å². The van der Waals surface area contributed by atoms with Crippen molar-refractivity contribution in [1.82, 2.24) is 0 Å². The normalized spacial score (nSPS) is 10.4. The van der Waals surface area contributed by atoms with Gasteiger partial charge in [-0.1, -0.05) is 0 Å². The van der Waals surface area contributed by atoms with E-state index in [0.29, 0.717) is 16.9 Å². The third kappa shape index (κ3) is 1.82. The molecule has 0 spiro atoms. The highest BCUT2D eigenvalue weighted by Crippen LogP contribution is 2.16. The Morgan fingerprint density at radius 1 is 1.31 bits per heavy atom.